The second-order valence-corrected chi connectivity index (χ2v) is 4.38. The number of benzene rings is 1. The zero-order chi connectivity index (χ0) is 9.42. The van der Waals surface area contributed by atoms with Crippen LogP contribution >= 0.6 is 27.3 Å². The van der Waals surface area contributed by atoms with Crippen molar-refractivity contribution in [2.45, 2.75) is 0 Å². The van der Waals surface area contributed by atoms with Crippen molar-refractivity contribution in [3.8, 4) is 5.75 Å². The first kappa shape index (κ1) is 8.84. The van der Waals surface area contributed by atoms with Crippen LogP contribution in [0.4, 0.5) is 5.69 Å². The first-order chi connectivity index (χ1) is 6.24. The molecule has 0 aliphatic heterocycles. The van der Waals surface area contributed by atoms with Crippen LogP contribution in [0.3, 0.4) is 0 Å². The van der Waals surface area contributed by atoms with Crippen LogP contribution in [-0.2, 0) is 0 Å². The Morgan fingerprint density at radius 3 is 2.92 bits per heavy atom. The number of rotatable bonds is 1. The molecule has 1 heterocycles. The smallest absolute Gasteiger partial charge is 0.136 e. The first-order valence-corrected chi connectivity index (χ1v) is 5.40. The Labute approximate surface area is 88.4 Å². The Bertz CT molecular complexity index is 452. The van der Waals surface area contributed by atoms with Crippen LogP contribution in [0.25, 0.3) is 10.1 Å². The minimum absolute atomic E-state index is 0.797. The molecular weight excluding hydrogens is 250 g/mol. The summed E-state index contributed by atoms with van der Waals surface area (Å²) in [6, 6.07) is 3.88. The molecule has 0 unspecified atom stereocenters. The van der Waals surface area contributed by atoms with Gasteiger partial charge in [-0.3, -0.25) is 0 Å². The number of nitrogens with two attached hydrogens (primary N) is 1. The molecule has 2 N–H and O–H groups in total. The van der Waals surface area contributed by atoms with Gasteiger partial charge in [0.1, 0.15) is 5.75 Å². The van der Waals surface area contributed by atoms with Crippen LogP contribution < -0.4 is 10.5 Å². The highest BCUT2D eigenvalue weighted by molar-refractivity contribution is 9.10. The number of hydrogen-bond acceptors (Lipinski definition) is 3. The summed E-state index contributed by atoms with van der Waals surface area (Å²) in [4.78, 5) is 0. The Morgan fingerprint density at radius 1 is 1.46 bits per heavy atom. The molecule has 2 nitrogen and oxygen atoms in total. The van der Waals surface area contributed by atoms with Crippen molar-refractivity contribution < 1.29 is 4.74 Å². The van der Waals surface area contributed by atoms with Crippen LogP contribution in [0.15, 0.2) is 22.0 Å². The fourth-order valence-corrected chi connectivity index (χ4v) is 2.93. The lowest BCUT2D eigenvalue weighted by Crippen LogP contribution is -1.85. The maximum absolute atomic E-state index is 5.83. The maximum atomic E-state index is 5.83. The van der Waals surface area contributed by atoms with E-state index in [0.717, 1.165) is 26.0 Å². The number of nitrogen functional groups attached to an aromatic ring is 1. The van der Waals surface area contributed by atoms with Crippen LogP contribution in [0.5, 0.6) is 5.75 Å². The fraction of sp³-hybridized carbons (Fsp3) is 0.111. The molecule has 0 amide bonds. The van der Waals surface area contributed by atoms with Crippen molar-refractivity contribution >= 4 is 43.0 Å². The van der Waals surface area contributed by atoms with Gasteiger partial charge >= 0.3 is 0 Å². The molecule has 0 radical (unpaired) electrons. The van der Waals surface area contributed by atoms with Crippen molar-refractivity contribution in [2.24, 2.45) is 0 Å². The van der Waals surface area contributed by atoms with Gasteiger partial charge in [-0.15, -0.1) is 11.3 Å². The number of hydrogen-bond donors (Lipinski definition) is 1. The lowest BCUT2D eigenvalue weighted by Gasteiger charge is -2.02. The Balaban J connectivity index is 2.87. The summed E-state index contributed by atoms with van der Waals surface area (Å²) in [6.45, 7) is 0. The van der Waals surface area contributed by atoms with Crippen LogP contribution in [0.2, 0.25) is 0 Å². The Morgan fingerprint density at radius 2 is 2.23 bits per heavy atom. The first-order valence-electron chi connectivity index (χ1n) is 3.73. The minimum Gasteiger partial charge on any atom is -0.495 e. The highest BCUT2D eigenvalue weighted by Gasteiger charge is 2.09. The summed E-state index contributed by atoms with van der Waals surface area (Å²) in [5, 5.41) is 2.97. The largest absolute Gasteiger partial charge is 0.495 e. The zero-order valence-electron chi connectivity index (χ0n) is 7.00. The van der Waals surface area contributed by atoms with Crippen molar-refractivity contribution in [2.75, 3.05) is 12.8 Å². The third-order valence-electron chi connectivity index (χ3n) is 1.88. The average molecular weight is 258 g/mol. The standard InChI is InChI=1S/C9H8BrNOS/c1-12-7-3-2-5(10)8-6(11)4-13-9(7)8/h2-4H,11H2,1H3. The van der Waals surface area contributed by atoms with Crippen LogP contribution in [0.1, 0.15) is 0 Å². The molecule has 0 atom stereocenters. The maximum Gasteiger partial charge on any atom is 0.136 e. The SMILES string of the molecule is COc1ccc(Br)c2c(N)csc12. The number of methoxy groups -OCH3 is 1. The van der Waals surface area contributed by atoms with Crippen molar-refractivity contribution in [3.63, 3.8) is 0 Å². The summed E-state index contributed by atoms with van der Waals surface area (Å²) < 4.78 is 7.34. The van der Waals surface area contributed by atoms with Crippen molar-refractivity contribution in [3.05, 3.63) is 22.0 Å². The van der Waals surface area contributed by atoms with Crippen molar-refractivity contribution in [1.29, 1.82) is 0 Å². The van der Waals surface area contributed by atoms with Gasteiger partial charge in [0.05, 0.1) is 17.5 Å². The third kappa shape index (κ3) is 1.30. The van der Waals surface area contributed by atoms with Gasteiger partial charge in [0.25, 0.3) is 0 Å². The molecule has 68 valence electrons. The topological polar surface area (TPSA) is 35.2 Å². The number of fused-ring (bicyclic) bond motifs is 1. The molecule has 0 aliphatic rings. The molecule has 1 aromatic heterocycles. The van der Waals surface area contributed by atoms with Crippen LogP contribution in [-0.4, -0.2) is 7.11 Å². The number of halogens is 1. The number of ether oxygens (including phenoxy) is 1. The quantitative estimate of drug-likeness (QED) is 0.852. The second-order valence-electron chi connectivity index (χ2n) is 2.64. The van der Waals surface area contributed by atoms with Gasteiger partial charge in [-0.25, -0.2) is 0 Å². The van der Waals surface area contributed by atoms with Crippen molar-refractivity contribution in [1.82, 2.24) is 0 Å². The van der Waals surface area contributed by atoms with Gasteiger partial charge in [-0.05, 0) is 12.1 Å². The van der Waals surface area contributed by atoms with Gasteiger partial charge in [0.15, 0.2) is 0 Å². The summed E-state index contributed by atoms with van der Waals surface area (Å²) in [7, 11) is 1.67. The molecule has 2 aromatic rings. The number of anilines is 1. The van der Waals surface area contributed by atoms with E-state index < -0.39 is 0 Å². The molecule has 0 saturated heterocycles. The third-order valence-corrected chi connectivity index (χ3v) is 3.56. The van der Waals surface area contributed by atoms with E-state index in [4.69, 9.17) is 10.5 Å². The van der Waals surface area contributed by atoms with E-state index in [9.17, 15) is 0 Å². The normalized spacial score (nSPS) is 10.6. The summed E-state index contributed by atoms with van der Waals surface area (Å²) >= 11 is 5.06. The highest BCUT2D eigenvalue weighted by Crippen LogP contribution is 2.39. The predicted molar refractivity (Wildman–Crippen MR) is 60.5 cm³/mol. The Kier molecular flexibility index (Phi) is 2.17. The lowest BCUT2D eigenvalue weighted by molar-refractivity contribution is 0.420. The highest BCUT2D eigenvalue weighted by atomic mass is 79.9. The molecule has 0 saturated carbocycles. The second kappa shape index (κ2) is 3.20. The van der Waals surface area contributed by atoms with E-state index in [1.54, 1.807) is 18.4 Å². The molecule has 4 heteroatoms. The van der Waals surface area contributed by atoms with Gasteiger partial charge in [-0.1, -0.05) is 15.9 Å². The molecule has 13 heavy (non-hydrogen) atoms. The molecule has 0 fully saturated rings. The molecule has 0 spiro atoms. The monoisotopic (exact) mass is 257 g/mol. The summed E-state index contributed by atoms with van der Waals surface area (Å²) in [5.74, 6) is 0.875. The summed E-state index contributed by atoms with van der Waals surface area (Å²) in [5.41, 5.74) is 6.62. The van der Waals surface area contributed by atoms with E-state index in [2.05, 4.69) is 15.9 Å². The molecule has 0 aliphatic carbocycles. The minimum atomic E-state index is 0.797. The van der Waals surface area contributed by atoms with E-state index in [0.29, 0.717) is 0 Å². The fourth-order valence-electron chi connectivity index (χ4n) is 1.27. The van der Waals surface area contributed by atoms with Gasteiger partial charge in [0.2, 0.25) is 0 Å². The van der Waals surface area contributed by atoms with E-state index in [1.807, 2.05) is 17.5 Å². The molecule has 0 bridgehead atoms. The van der Waals surface area contributed by atoms with Crippen LogP contribution in [0, 0.1) is 0 Å². The van der Waals surface area contributed by atoms with Gasteiger partial charge in [-0.2, -0.15) is 0 Å². The molecule has 2 rings (SSSR count). The van der Waals surface area contributed by atoms with E-state index >= 15 is 0 Å². The molecule has 1 aromatic carbocycles. The predicted octanol–water partition coefficient (Wildman–Crippen LogP) is 3.25. The van der Waals surface area contributed by atoms with E-state index in [1.165, 1.54) is 0 Å². The zero-order valence-corrected chi connectivity index (χ0v) is 9.41. The summed E-state index contributed by atoms with van der Waals surface area (Å²) in [6.07, 6.45) is 0. The Hall–Kier alpha value is -0.740. The number of thiophene rings is 1. The lowest BCUT2D eigenvalue weighted by atomic mass is 10.2. The molecular formula is C9H8BrNOS. The average Bonchev–Trinajstić information content (AvgIpc) is 2.50. The van der Waals surface area contributed by atoms with Gasteiger partial charge in [0, 0.05) is 15.2 Å². The van der Waals surface area contributed by atoms with Gasteiger partial charge < -0.3 is 10.5 Å². The van der Waals surface area contributed by atoms with E-state index in [-0.39, 0.29) is 0 Å².